The van der Waals surface area contributed by atoms with Gasteiger partial charge in [0.15, 0.2) is 17.0 Å². The summed E-state index contributed by atoms with van der Waals surface area (Å²) < 4.78 is 7.69. The molecule has 0 unspecified atom stereocenters. The molecule has 0 bridgehead atoms. The maximum absolute atomic E-state index is 5.66. The number of hydrogen-bond donors (Lipinski definition) is 3. The van der Waals surface area contributed by atoms with Crippen molar-refractivity contribution >= 4 is 22.9 Å². The predicted molar refractivity (Wildman–Crippen MR) is 139 cm³/mol. The summed E-state index contributed by atoms with van der Waals surface area (Å²) in [6.45, 7) is 1.93. The van der Waals surface area contributed by atoms with E-state index in [0.717, 1.165) is 52.5 Å². The van der Waals surface area contributed by atoms with E-state index in [-0.39, 0.29) is 0 Å². The van der Waals surface area contributed by atoms with Crippen molar-refractivity contribution in [3.05, 3.63) is 54.5 Å². The molecule has 4 aromatic rings. The van der Waals surface area contributed by atoms with E-state index in [1.165, 1.54) is 25.7 Å². The van der Waals surface area contributed by atoms with Crippen molar-refractivity contribution in [1.29, 1.82) is 0 Å². The molecule has 0 amide bonds. The number of aromatic nitrogens is 5. The van der Waals surface area contributed by atoms with Crippen LogP contribution in [-0.2, 0) is 6.54 Å². The third-order valence-electron chi connectivity index (χ3n) is 6.47. The largest absolute Gasteiger partial charge is 0.496 e. The minimum Gasteiger partial charge on any atom is -0.496 e. The zero-order chi connectivity index (χ0) is 24.0. The maximum atomic E-state index is 5.66. The van der Waals surface area contributed by atoms with Gasteiger partial charge >= 0.3 is 0 Å². The highest BCUT2D eigenvalue weighted by molar-refractivity contribution is 5.84. The van der Waals surface area contributed by atoms with Crippen molar-refractivity contribution in [3.63, 3.8) is 0 Å². The Labute approximate surface area is 205 Å². The highest BCUT2D eigenvalue weighted by atomic mass is 16.5. The Morgan fingerprint density at radius 2 is 1.91 bits per heavy atom. The van der Waals surface area contributed by atoms with Crippen LogP contribution in [0.5, 0.6) is 5.75 Å². The number of benzene rings is 1. The fourth-order valence-corrected chi connectivity index (χ4v) is 4.60. The molecule has 5 rings (SSSR count). The summed E-state index contributed by atoms with van der Waals surface area (Å²) in [6.07, 6.45) is 9.48. The molecular weight excluding hydrogens is 440 g/mol. The summed E-state index contributed by atoms with van der Waals surface area (Å²) >= 11 is 0. The van der Waals surface area contributed by atoms with Gasteiger partial charge in [0.1, 0.15) is 5.75 Å². The molecule has 0 spiro atoms. The van der Waals surface area contributed by atoms with Crippen molar-refractivity contribution in [3.8, 4) is 17.0 Å². The van der Waals surface area contributed by atoms with Crippen molar-refractivity contribution in [2.45, 2.75) is 44.7 Å². The highest BCUT2D eigenvalue weighted by Crippen LogP contribution is 2.33. The van der Waals surface area contributed by atoms with Crippen molar-refractivity contribution in [1.82, 2.24) is 24.5 Å². The molecule has 1 aliphatic carbocycles. The van der Waals surface area contributed by atoms with Gasteiger partial charge in [0, 0.05) is 30.9 Å². The summed E-state index contributed by atoms with van der Waals surface area (Å²) in [5.41, 5.74) is 10.2. The summed E-state index contributed by atoms with van der Waals surface area (Å²) in [5.74, 6) is 2.12. The zero-order valence-electron chi connectivity index (χ0n) is 20.1. The Hall–Kier alpha value is -3.72. The first kappa shape index (κ1) is 23.0. The van der Waals surface area contributed by atoms with Gasteiger partial charge in [-0.1, -0.05) is 31.0 Å². The molecule has 1 fully saturated rings. The van der Waals surface area contributed by atoms with Gasteiger partial charge in [-0.25, -0.2) is 4.98 Å². The van der Waals surface area contributed by atoms with Crippen LogP contribution in [-0.4, -0.2) is 44.7 Å². The average Bonchev–Trinajstić information content (AvgIpc) is 3.58. The summed E-state index contributed by atoms with van der Waals surface area (Å²) in [5, 5.41) is 6.78. The fourth-order valence-electron chi connectivity index (χ4n) is 4.60. The molecule has 9 nitrogen and oxygen atoms in total. The molecule has 35 heavy (non-hydrogen) atoms. The van der Waals surface area contributed by atoms with Crippen LogP contribution < -0.4 is 21.1 Å². The first-order valence-electron chi connectivity index (χ1n) is 12.3. The maximum Gasteiger partial charge on any atom is 0.226 e. The summed E-state index contributed by atoms with van der Waals surface area (Å²) in [7, 11) is 1.67. The molecule has 0 aliphatic heterocycles. The Balaban J connectivity index is 1.38. The van der Waals surface area contributed by atoms with E-state index in [4.69, 9.17) is 20.4 Å². The van der Waals surface area contributed by atoms with Gasteiger partial charge in [0.05, 0.1) is 19.1 Å². The number of imidazole rings is 1. The fraction of sp³-hybridized carbons (Fsp3) is 0.385. The minimum atomic E-state index is 0.450. The molecule has 1 saturated carbocycles. The van der Waals surface area contributed by atoms with Crippen molar-refractivity contribution < 1.29 is 4.74 Å². The normalized spacial score (nSPS) is 13.9. The first-order chi connectivity index (χ1) is 17.3. The van der Waals surface area contributed by atoms with Gasteiger partial charge in [-0.05, 0) is 49.6 Å². The number of nitrogens with zero attached hydrogens (tertiary/aromatic N) is 5. The number of rotatable bonds is 10. The molecule has 0 saturated heterocycles. The average molecular weight is 473 g/mol. The number of para-hydroxylation sites is 1. The predicted octanol–water partition coefficient (Wildman–Crippen LogP) is 4.38. The molecular formula is C26H32N8O. The van der Waals surface area contributed by atoms with E-state index in [2.05, 4.69) is 31.2 Å². The lowest BCUT2D eigenvalue weighted by Gasteiger charge is -2.14. The van der Waals surface area contributed by atoms with Crippen LogP contribution >= 0.6 is 0 Å². The van der Waals surface area contributed by atoms with Gasteiger partial charge in [-0.3, -0.25) is 4.98 Å². The van der Waals surface area contributed by atoms with Crippen LogP contribution in [0.4, 0.5) is 11.8 Å². The highest BCUT2D eigenvalue weighted by Gasteiger charge is 2.22. The van der Waals surface area contributed by atoms with E-state index in [0.29, 0.717) is 25.1 Å². The van der Waals surface area contributed by atoms with Crippen molar-refractivity contribution in [2.24, 2.45) is 5.73 Å². The Morgan fingerprint density at radius 3 is 2.69 bits per heavy atom. The van der Waals surface area contributed by atoms with Crippen LogP contribution in [0.25, 0.3) is 22.4 Å². The first-order valence-corrected chi connectivity index (χ1v) is 12.3. The number of fused-ring (bicyclic) bond motifs is 1. The monoisotopic (exact) mass is 472 g/mol. The van der Waals surface area contributed by atoms with Gasteiger partial charge in [0.25, 0.3) is 0 Å². The minimum absolute atomic E-state index is 0.450. The van der Waals surface area contributed by atoms with Crippen LogP contribution in [0.2, 0.25) is 0 Å². The third kappa shape index (κ3) is 5.05. The molecule has 0 atom stereocenters. The van der Waals surface area contributed by atoms with E-state index < -0.39 is 0 Å². The Bertz CT molecular complexity index is 1260. The zero-order valence-corrected chi connectivity index (χ0v) is 20.1. The molecule has 9 heteroatoms. The van der Waals surface area contributed by atoms with E-state index in [9.17, 15) is 0 Å². The van der Waals surface area contributed by atoms with Crippen LogP contribution in [0.15, 0.2) is 48.9 Å². The molecule has 3 aromatic heterocycles. The molecule has 3 heterocycles. The smallest absolute Gasteiger partial charge is 0.226 e. The van der Waals surface area contributed by atoms with Crippen LogP contribution in [0.3, 0.4) is 0 Å². The number of pyridine rings is 1. The number of nitrogens with two attached hydrogens (primary N) is 1. The topological polar surface area (TPSA) is 116 Å². The second-order valence-corrected chi connectivity index (χ2v) is 8.83. The second kappa shape index (κ2) is 10.7. The van der Waals surface area contributed by atoms with Gasteiger partial charge in [-0.2, -0.15) is 9.97 Å². The molecule has 182 valence electrons. The van der Waals surface area contributed by atoms with E-state index in [1.807, 2.05) is 42.9 Å². The Kier molecular flexibility index (Phi) is 7.04. The number of ether oxygens (including phenoxy) is 1. The second-order valence-electron chi connectivity index (χ2n) is 8.83. The lowest BCUT2D eigenvalue weighted by molar-refractivity contribution is 0.416. The summed E-state index contributed by atoms with van der Waals surface area (Å²) in [4.78, 5) is 18.9. The van der Waals surface area contributed by atoms with E-state index >= 15 is 0 Å². The SMILES string of the molecule is COc1ccccc1-c1ccc(CNc2nc(NCCCN)nc3c2ncn3C2CCCC2)cn1. The standard InChI is InChI=1S/C26H32N8O/c1-35-22-10-5-4-9-20(22)21-12-11-18(15-29-21)16-30-24-23-25(33-26(32-24)28-14-6-13-27)34(17-31-23)19-7-2-3-8-19/h4-5,9-12,15,17,19H,2-3,6-8,13-14,16,27H2,1H3,(H2,28,30,32,33). The number of nitrogens with one attached hydrogen (secondary N) is 2. The van der Waals surface area contributed by atoms with Gasteiger partial charge < -0.3 is 25.7 Å². The number of methoxy groups -OCH3 is 1. The number of hydrogen-bond acceptors (Lipinski definition) is 8. The van der Waals surface area contributed by atoms with Gasteiger partial charge in [-0.15, -0.1) is 0 Å². The van der Waals surface area contributed by atoms with Crippen LogP contribution in [0, 0.1) is 0 Å². The lowest BCUT2D eigenvalue weighted by Crippen LogP contribution is -2.13. The molecule has 1 aromatic carbocycles. The quantitative estimate of drug-likeness (QED) is 0.291. The molecule has 4 N–H and O–H groups in total. The Morgan fingerprint density at radius 1 is 1.06 bits per heavy atom. The summed E-state index contributed by atoms with van der Waals surface area (Å²) in [6, 6.07) is 12.4. The van der Waals surface area contributed by atoms with E-state index in [1.54, 1.807) is 7.11 Å². The molecule has 1 aliphatic rings. The molecule has 0 radical (unpaired) electrons. The van der Waals surface area contributed by atoms with Gasteiger partial charge in [0.2, 0.25) is 5.95 Å². The number of anilines is 2. The van der Waals surface area contributed by atoms with Crippen LogP contribution in [0.1, 0.15) is 43.7 Å². The van der Waals surface area contributed by atoms with Crippen molar-refractivity contribution in [2.75, 3.05) is 30.8 Å². The lowest BCUT2D eigenvalue weighted by atomic mass is 10.1. The third-order valence-corrected chi connectivity index (χ3v) is 6.47.